The van der Waals surface area contributed by atoms with Crippen molar-refractivity contribution in [3.63, 3.8) is 0 Å². The molecule has 2 aromatic heterocycles. The predicted molar refractivity (Wildman–Crippen MR) is 122 cm³/mol. The van der Waals surface area contributed by atoms with E-state index in [0.29, 0.717) is 12.3 Å². The molecule has 0 aliphatic heterocycles. The Labute approximate surface area is 182 Å². The summed E-state index contributed by atoms with van der Waals surface area (Å²) in [5.41, 5.74) is 3.09. The van der Waals surface area contributed by atoms with E-state index >= 15 is 0 Å². The Bertz CT molecular complexity index is 893. The van der Waals surface area contributed by atoms with Crippen LogP contribution in [0.25, 0.3) is 5.65 Å². The van der Waals surface area contributed by atoms with Crippen LogP contribution in [0.4, 0.5) is 0 Å². The maximum Gasteiger partial charge on any atom is 0.191 e. The van der Waals surface area contributed by atoms with E-state index in [1.807, 2.05) is 47.0 Å². The van der Waals surface area contributed by atoms with E-state index in [2.05, 4.69) is 26.8 Å². The van der Waals surface area contributed by atoms with Crippen LogP contribution in [0.15, 0.2) is 53.8 Å². The van der Waals surface area contributed by atoms with Crippen molar-refractivity contribution in [2.45, 2.75) is 13.0 Å². The third kappa shape index (κ3) is 5.51. The molecular weight excluding hydrogens is 469 g/mol. The molecule has 0 spiro atoms. The first kappa shape index (κ1) is 21.8. The molecule has 0 bridgehead atoms. The van der Waals surface area contributed by atoms with Crippen LogP contribution in [0, 0.1) is 0 Å². The van der Waals surface area contributed by atoms with Crippen LogP contribution in [0.1, 0.15) is 11.3 Å². The number of guanidine groups is 1. The van der Waals surface area contributed by atoms with Crippen LogP contribution in [0.2, 0.25) is 0 Å². The monoisotopic (exact) mass is 495 g/mol. The highest BCUT2D eigenvalue weighted by atomic mass is 127. The number of benzene rings is 1. The van der Waals surface area contributed by atoms with Gasteiger partial charge in [-0.3, -0.25) is 4.99 Å². The molecule has 0 saturated heterocycles. The van der Waals surface area contributed by atoms with E-state index < -0.39 is 0 Å². The maximum absolute atomic E-state index is 5.34. The Hall–Kier alpha value is -2.49. The molecule has 7 nitrogen and oxygen atoms in total. The van der Waals surface area contributed by atoms with Crippen LogP contribution in [-0.2, 0) is 13.0 Å². The number of hydrogen-bond acceptors (Lipinski definition) is 4. The number of ether oxygens (including phenoxy) is 2. The number of imidazole rings is 1. The van der Waals surface area contributed by atoms with Gasteiger partial charge >= 0.3 is 0 Å². The minimum Gasteiger partial charge on any atom is -0.493 e. The number of aliphatic imine (C=N–C) groups is 1. The van der Waals surface area contributed by atoms with Crippen LogP contribution < -0.4 is 20.1 Å². The molecule has 8 heteroatoms. The van der Waals surface area contributed by atoms with E-state index in [9.17, 15) is 0 Å². The third-order valence-corrected chi connectivity index (χ3v) is 4.22. The van der Waals surface area contributed by atoms with Gasteiger partial charge in [0.15, 0.2) is 17.5 Å². The zero-order chi connectivity index (χ0) is 19.1. The van der Waals surface area contributed by atoms with E-state index in [1.165, 1.54) is 0 Å². The number of fused-ring (bicyclic) bond motifs is 1. The van der Waals surface area contributed by atoms with Gasteiger partial charge in [0.2, 0.25) is 0 Å². The first-order chi connectivity index (χ1) is 13.2. The normalized spacial score (nSPS) is 11.0. The highest BCUT2D eigenvalue weighted by molar-refractivity contribution is 14.0. The summed E-state index contributed by atoms with van der Waals surface area (Å²) in [6.07, 6.45) is 4.87. The fourth-order valence-electron chi connectivity index (χ4n) is 2.81. The second-order valence-corrected chi connectivity index (χ2v) is 5.99. The summed E-state index contributed by atoms with van der Waals surface area (Å²) in [7, 11) is 5.02. The molecule has 1 aromatic carbocycles. The molecule has 0 aliphatic rings. The first-order valence-electron chi connectivity index (χ1n) is 8.81. The van der Waals surface area contributed by atoms with Crippen molar-refractivity contribution in [3.8, 4) is 11.5 Å². The first-order valence-corrected chi connectivity index (χ1v) is 8.81. The van der Waals surface area contributed by atoms with Crippen LogP contribution in [0.3, 0.4) is 0 Å². The summed E-state index contributed by atoms with van der Waals surface area (Å²) in [6, 6.07) is 11.8. The summed E-state index contributed by atoms with van der Waals surface area (Å²) in [4.78, 5) is 8.87. The Morgan fingerprint density at radius 2 is 1.93 bits per heavy atom. The van der Waals surface area contributed by atoms with Gasteiger partial charge in [0.05, 0.1) is 19.9 Å². The summed E-state index contributed by atoms with van der Waals surface area (Å²) >= 11 is 0. The third-order valence-electron chi connectivity index (χ3n) is 4.22. The van der Waals surface area contributed by atoms with Gasteiger partial charge in [-0.2, -0.15) is 0 Å². The Morgan fingerprint density at radius 1 is 1.11 bits per heavy atom. The topological polar surface area (TPSA) is 72.2 Å². The standard InChI is InChI=1S/C20H25N5O2.HI/c1-21-20(23-13-15-7-8-17(26-2)18(12-15)27-3)22-10-9-16-14-25-11-5-4-6-19(25)24-16;/h4-8,11-12,14H,9-10,13H2,1-3H3,(H2,21,22,23);1H. The van der Waals surface area contributed by atoms with E-state index in [1.54, 1.807) is 21.3 Å². The van der Waals surface area contributed by atoms with Crippen LogP contribution >= 0.6 is 24.0 Å². The van der Waals surface area contributed by atoms with Crippen molar-refractivity contribution in [1.82, 2.24) is 20.0 Å². The molecule has 0 aliphatic carbocycles. The fourth-order valence-corrected chi connectivity index (χ4v) is 2.81. The molecule has 0 amide bonds. The van der Waals surface area contributed by atoms with E-state index in [-0.39, 0.29) is 24.0 Å². The maximum atomic E-state index is 5.34. The molecule has 2 N–H and O–H groups in total. The Morgan fingerprint density at radius 3 is 2.64 bits per heavy atom. The zero-order valence-electron chi connectivity index (χ0n) is 16.3. The predicted octanol–water partition coefficient (Wildman–Crippen LogP) is 2.88. The molecule has 3 aromatic rings. The van der Waals surface area contributed by atoms with E-state index in [4.69, 9.17) is 9.47 Å². The average molecular weight is 495 g/mol. The second-order valence-electron chi connectivity index (χ2n) is 5.99. The number of hydrogen-bond donors (Lipinski definition) is 2. The highest BCUT2D eigenvalue weighted by Crippen LogP contribution is 2.27. The van der Waals surface area contributed by atoms with Gasteiger partial charge in [0.1, 0.15) is 5.65 Å². The SMILES string of the molecule is CN=C(NCCc1cn2ccccc2n1)NCc1ccc(OC)c(OC)c1.I. The number of pyridine rings is 1. The minimum absolute atomic E-state index is 0. The molecule has 0 unspecified atom stereocenters. The van der Waals surface area contributed by atoms with Gasteiger partial charge in [-0.1, -0.05) is 12.1 Å². The lowest BCUT2D eigenvalue weighted by Crippen LogP contribution is -2.37. The van der Waals surface area contributed by atoms with Crippen LogP contribution in [0.5, 0.6) is 11.5 Å². The van der Waals surface area contributed by atoms with Gasteiger partial charge < -0.3 is 24.5 Å². The van der Waals surface area contributed by atoms with Crippen molar-refractivity contribution in [1.29, 1.82) is 0 Å². The summed E-state index contributed by atoms with van der Waals surface area (Å²) < 4.78 is 12.6. The van der Waals surface area contributed by atoms with Gasteiger partial charge in [-0.15, -0.1) is 24.0 Å². The average Bonchev–Trinajstić information content (AvgIpc) is 3.13. The lowest BCUT2D eigenvalue weighted by atomic mass is 10.2. The number of nitrogens with zero attached hydrogens (tertiary/aromatic N) is 3. The molecule has 28 heavy (non-hydrogen) atoms. The van der Waals surface area contributed by atoms with E-state index in [0.717, 1.165) is 41.6 Å². The molecule has 150 valence electrons. The largest absolute Gasteiger partial charge is 0.493 e. The molecule has 3 rings (SSSR count). The second kappa shape index (κ2) is 10.7. The summed E-state index contributed by atoms with van der Waals surface area (Å²) in [6.45, 7) is 1.38. The Kier molecular flexibility index (Phi) is 8.37. The zero-order valence-corrected chi connectivity index (χ0v) is 18.6. The number of aromatic nitrogens is 2. The van der Waals surface area contributed by atoms with Gasteiger partial charge in [-0.05, 0) is 29.8 Å². The number of nitrogens with one attached hydrogen (secondary N) is 2. The number of methoxy groups -OCH3 is 2. The smallest absolute Gasteiger partial charge is 0.191 e. The molecule has 2 heterocycles. The molecule has 0 saturated carbocycles. The lowest BCUT2D eigenvalue weighted by Gasteiger charge is -2.13. The lowest BCUT2D eigenvalue weighted by molar-refractivity contribution is 0.354. The van der Waals surface area contributed by atoms with Crippen molar-refractivity contribution < 1.29 is 9.47 Å². The van der Waals surface area contributed by atoms with Crippen molar-refractivity contribution in [3.05, 3.63) is 60.0 Å². The Balaban J connectivity index is 0.00000280. The van der Waals surface area contributed by atoms with Crippen LogP contribution in [-0.4, -0.2) is 43.2 Å². The summed E-state index contributed by atoms with van der Waals surface area (Å²) in [5, 5.41) is 6.62. The molecule has 0 radical (unpaired) electrons. The van der Waals surface area contributed by atoms with Crippen molar-refractivity contribution >= 4 is 35.6 Å². The highest BCUT2D eigenvalue weighted by Gasteiger charge is 2.06. The fraction of sp³-hybridized carbons (Fsp3) is 0.300. The molecule has 0 atom stereocenters. The number of rotatable bonds is 7. The number of halogens is 1. The quantitative estimate of drug-likeness (QED) is 0.300. The molecule has 0 fully saturated rings. The van der Waals surface area contributed by atoms with Gasteiger partial charge in [0, 0.05) is 39.0 Å². The van der Waals surface area contributed by atoms with Gasteiger partial charge in [0.25, 0.3) is 0 Å². The summed E-state index contributed by atoms with van der Waals surface area (Å²) in [5.74, 6) is 2.18. The van der Waals surface area contributed by atoms with Crippen molar-refractivity contribution in [2.24, 2.45) is 4.99 Å². The van der Waals surface area contributed by atoms with Crippen molar-refractivity contribution in [2.75, 3.05) is 27.8 Å². The molecular formula is C20H26IN5O2. The van der Waals surface area contributed by atoms with Gasteiger partial charge in [-0.25, -0.2) is 4.98 Å². The minimum atomic E-state index is 0.